The number of hydrogen-bond donors (Lipinski definition) is 0. The lowest BCUT2D eigenvalue weighted by atomic mass is 9.68. The molecule has 2 bridgehead atoms. The Hall–Kier alpha value is 0. The molecule has 30 heavy (non-hydrogen) atoms. The van der Waals surface area contributed by atoms with Gasteiger partial charge in [-0.25, -0.2) is 0 Å². The lowest BCUT2D eigenvalue weighted by Crippen LogP contribution is -2.29. The molecule has 0 aromatic rings. The summed E-state index contributed by atoms with van der Waals surface area (Å²) in [6, 6.07) is 0. The quantitative estimate of drug-likeness (QED) is 0.411. The predicted octanol–water partition coefficient (Wildman–Crippen LogP) is 11.0. The molecule has 0 spiro atoms. The molecular formula is C30H66. The third-order valence-corrected chi connectivity index (χ3v) is 8.52. The number of rotatable bonds is 2. The molecule has 186 valence electrons. The Balaban J connectivity index is -0.000000433. The van der Waals surface area contributed by atoms with Gasteiger partial charge in [0.2, 0.25) is 0 Å². The molecule has 3 rings (SSSR count). The minimum atomic E-state index is 0. The van der Waals surface area contributed by atoms with Gasteiger partial charge in [0.05, 0.1) is 0 Å². The van der Waals surface area contributed by atoms with Gasteiger partial charge in [0.25, 0.3) is 0 Å². The van der Waals surface area contributed by atoms with Crippen molar-refractivity contribution in [3.63, 3.8) is 0 Å². The zero-order valence-corrected chi connectivity index (χ0v) is 19.9. The molecule has 6 atom stereocenters. The van der Waals surface area contributed by atoms with Crippen molar-refractivity contribution in [2.24, 2.45) is 58.2 Å². The summed E-state index contributed by atoms with van der Waals surface area (Å²) < 4.78 is 0. The maximum Gasteiger partial charge on any atom is -0.0334 e. The molecule has 3 saturated carbocycles. The minimum absolute atomic E-state index is 0. The Labute approximate surface area is 195 Å². The molecule has 0 heterocycles. The summed E-state index contributed by atoms with van der Waals surface area (Å²) in [5.41, 5.74) is 1.10. The van der Waals surface area contributed by atoms with Gasteiger partial charge in [-0.1, -0.05) is 98.9 Å². The van der Waals surface area contributed by atoms with Crippen molar-refractivity contribution in [3.05, 3.63) is 0 Å². The zero-order chi connectivity index (χ0) is 19.9. The van der Waals surface area contributed by atoms with Crippen LogP contribution in [0, 0.1) is 58.2 Å². The van der Waals surface area contributed by atoms with Crippen molar-refractivity contribution in [2.75, 3.05) is 0 Å². The fourth-order valence-electron chi connectivity index (χ4n) is 6.61. The number of hydrogen-bond acceptors (Lipinski definition) is 0. The highest BCUT2D eigenvalue weighted by Gasteiger charge is 2.49. The van der Waals surface area contributed by atoms with Crippen LogP contribution in [-0.4, -0.2) is 0 Å². The van der Waals surface area contributed by atoms with Crippen LogP contribution in [0.5, 0.6) is 0 Å². The van der Waals surface area contributed by atoms with Crippen LogP contribution in [0.25, 0.3) is 0 Å². The van der Waals surface area contributed by atoms with E-state index in [-0.39, 0.29) is 29.7 Å². The van der Waals surface area contributed by atoms with Crippen LogP contribution >= 0.6 is 0 Å². The van der Waals surface area contributed by atoms with Gasteiger partial charge in [0, 0.05) is 0 Å². The van der Waals surface area contributed by atoms with Gasteiger partial charge in [-0.15, -0.1) is 0 Å². The van der Waals surface area contributed by atoms with Crippen LogP contribution in [-0.2, 0) is 0 Å². The average Bonchev–Trinajstić information content (AvgIpc) is 3.20. The average molecular weight is 427 g/mol. The van der Waals surface area contributed by atoms with Crippen LogP contribution in [0.3, 0.4) is 0 Å². The molecule has 0 nitrogen and oxygen atoms in total. The molecule has 0 N–H and O–H groups in total. The van der Waals surface area contributed by atoms with Crippen molar-refractivity contribution >= 4 is 0 Å². The van der Waals surface area contributed by atoms with Gasteiger partial charge in [0.1, 0.15) is 0 Å². The predicted molar refractivity (Wildman–Crippen MR) is 144 cm³/mol. The highest BCUT2D eigenvalue weighted by molar-refractivity contribution is 4.99. The Kier molecular flexibility index (Phi) is 14.9. The fourth-order valence-corrected chi connectivity index (χ4v) is 6.61. The first-order valence-electron chi connectivity index (χ1n) is 11.8. The number of fused-ring (bicyclic) bond motifs is 2. The molecule has 3 aliphatic carbocycles. The maximum absolute atomic E-state index is 2.43. The van der Waals surface area contributed by atoms with Gasteiger partial charge in [-0.3, -0.25) is 0 Å². The Bertz CT molecular complexity index is 430. The molecule has 5 unspecified atom stereocenters. The lowest BCUT2D eigenvalue weighted by molar-refractivity contribution is 0.119. The third kappa shape index (κ3) is 8.50. The molecule has 0 radical (unpaired) electrons. The largest absolute Gasteiger partial charge is 0.0776 e. The highest BCUT2D eigenvalue weighted by atomic mass is 14.5. The van der Waals surface area contributed by atoms with Crippen molar-refractivity contribution < 1.29 is 0 Å². The molecule has 0 aromatic carbocycles. The van der Waals surface area contributed by atoms with E-state index in [0.717, 1.165) is 47.3 Å². The fraction of sp³-hybridized carbons (Fsp3) is 1.00. The van der Waals surface area contributed by atoms with E-state index in [4.69, 9.17) is 0 Å². The van der Waals surface area contributed by atoms with Crippen LogP contribution < -0.4 is 0 Å². The standard InChI is InChI=1S/C14H26.C12H24.4CH4/c1-9(2)12-7-11-6-10(12)8-13(11)14(3,4)5;1-9(2)10-6-7-11(8-10)12(3,4)5;;;;/h9-13H,6-8H2,1-5H3;9-11H,6-8H2,1-5H3;4*1H4/t10-,11?,12?,13?;;;;;/m1...../s1. The molecule has 0 saturated heterocycles. The van der Waals surface area contributed by atoms with Crippen molar-refractivity contribution in [1.82, 2.24) is 0 Å². The van der Waals surface area contributed by atoms with Crippen LogP contribution in [0.2, 0.25) is 0 Å². The molecule has 3 aliphatic rings. The second-order valence-corrected chi connectivity index (χ2v) is 13.0. The SMILES string of the molecule is C.C.C.C.CC(C)C1CC2C[C@@H]1CC2C(C)(C)C.CC(C)C1CCC(C(C)(C)C)C1. The van der Waals surface area contributed by atoms with Gasteiger partial charge < -0.3 is 0 Å². The van der Waals surface area contributed by atoms with E-state index in [1.807, 2.05) is 0 Å². The van der Waals surface area contributed by atoms with E-state index in [2.05, 4.69) is 69.2 Å². The van der Waals surface area contributed by atoms with Gasteiger partial charge in [-0.05, 0) is 96.7 Å². The first-order chi connectivity index (χ1) is 11.8. The van der Waals surface area contributed by atoms with E-state index in [1.165, 1.54) is 32.1 Å². The van der Waals surface area contributed by atoms with Crippen molar-refractivity contribution in [1.29, 1.82) is 0 Å². The monoisotopic (exact) mass is 427 g/mol. The van der Waals surface area contributed by atoms with Gasteiger partial charge in [-0.2, -0.15) is 0 Å². The first-order valence-corrected chi connectivity index (χ1v) is 11.8. The molecule has 0 aromatic heterocycles. The summed E-state index contributed by atoms with van der Waals surface area (Å²) in [7, 11) is 0. The smallest absolute Gasteiger partial charge is 0.0334 e. The van der Waals surface area contributed by atoms with Crippen LogP contribution in [0.1, 0.15) is 137 Å². The van der Waals surface area contributed by atoms with E-state index in [9.17, 15) is 0 Å². The topological polar surface area (TPSA) is 0 Å². The molecule has 0 amide bonds. The van der Waals surface area contributed by atoms with Crippen LogP contribution in [0.4, 0.5) is 0 Å². The Morgan fingerprint density at radius 2 is 1.10 bits per heavy atom. The summed E-state index contributed by atoms with van der Waals surface area (Å²) in [4.78, 5) is 0. The zero-order valence-electron chi connectivity index (χ0n) is 19.9. The maximum atomic E-state index is 2.43. The van der Waals surface area contributed by atoms with Gasteiger partial charge >= 0.3 is 0 Å². The normalized spacial score (nSPS) is 32.4. The molecule has 3 fully saturated rings. The van der Waals surface area contributed by atoms with E-state index in [0.29, 0.717) is 10.8 Å². The van der Waals surface area contributed by atoms with Crippen molar-refractivity contribution in [3.8, 4) is 0 Å². The van der Waals surface area contributed by atoms with Gasteiger partial charge in [0.15, 0.2) is 0 Å². The third-order valence-electron chi connectivity index (χ3n) is 8.52. The second kappa shape index (κ2) is 12.9. The first kappa shape index (κ1) is 34.6. The summed E-state index contributed by atoms with van der Waals surface area (Å²) in [5.74, 6) is 8.01. The molecule has 0 aliphatic heterocycles. The van der Waals surface area contributed by atoms with E-state index < -0.39 is 0 Å². The minimum Gasteiger partial charge on any atom is -0.0776 e. The van der Waals surface area contributed by atoms with E-state index >= 15 is 0 Å². The highest BCUT2D eigenvalue weighted by Crippen LogP contribution is 2.58. The van der Waals surface area contributed by atoms with E-state index in [1.54, 1.807) is 6.42 Å². The van der Waals surface area contributed by atoms with Crippen LogP contribution in [0.15, 0.2) is 0 Å². The Morgan fingerprint density at radius 3 is 1.37 bits per heavy atom. The molecule has 0 heteroatoms. The Morgan fingerprint density at radius 1 is 0.567 bits per heavy atom. The lowest BCUT2D eigenvalue weighted by Gasteiger charge is -2.37. The summed E-state index contributed by atoms with van der Waals surface area (Å²) in [6.07, 6.45) is 9.01. The summed E-state index contributed by atoms with van der Waals surface area (Å²) in [5, 5.41) is 0. The van der Waals surface area contributed by atoms with Crippen molar-refractivity contribution in [2.45, 2.75) is 137 Å². The molecular weight excluding hydrogens is 360 g/mol. The summed E-state index contributed by atoms with van der Waals surface area (Å²) >= 11 is 0. The summed E-state index contributed by atoms with van der Waals surface area (Å²) in [6.45, 7) is 24.0. The second-order valence-electron chi connectivity index (χ2n) is 13.0.